The quantitative estimate of drug-likeness (QED) is 0.657. The molecule has 3 aromatic rings. The number of hydrogen-bond donors (Lipinski definition) is 1. The summed E-state index contributed by atoms with van der Waals surface area (Å²) in [5.41, 5.74) is 4.59. The largest absolute Gasteiger partial charge is 0.395 e. The molecule has 1 aliphatic rings. The third kappa shape index (κ3) is 3.74. The number of halogens is 1. The summed E-state index contributed by atoms with van der Waals surface area (Å²) < 4.78 is 5.03. The molecule has 1 aromatic carbocycles. The second kappa shape index (κ2) is 8.11. The van der Waals surface area contributed by atoms with Crippen LogP contribution in [0.3, 0.4) is 0 Å². The van der Waals surface area contributed by atoms with E-state index >= 15 is 0 Å². The molecule has 6 nitrogen and oxygen atoms in total. The first-order valence-electron chi connectivity index (χ1n) is 9.66. The number of hydrogen-bond acceptors (Lipinski definition) is 4. The van der Waals surface area contributed by atoms with Gasteiger partial charge in [0.1, 0.15) is 4.60 Å². The Morgan fingerprint density at radius 2 is 1.64 bits per heavy atom. The van der Waals surface area contributed by atoms with E-state index < -0.39 is 0 Å². The van der Waals surface area contributed by atoms with Gasteiger partial charge in [-0.2, -0.15) is 0 Å². The number of anilines is 1. The minimum Gasteiger partial charge on any atom is -0.395 e. The molecule has 3 heterocycles. The Balaban J connectivity index is 1.59. The van der Waals surface area contributed by atoms with Crippen molar-refractivity contribution in [3.8, 4) is 11.5 Å². The van der Waals surface area contributed by atoms with E-state index in [0.717, 1.165) is 48.8 Å². The lowest BCUT2D eigenvalue weighted by Gasteiger charge is -2.35. The van der Waals surface area contributed by atoms with Gasteiger partial charge >= 0.3 is 0 Å². The Morgan fingerprint density at radius 3 is 2.32 bits per heavy atom. The summed E-state index contributed by atoms with van der Waals surface area (Å²) in [6, 6.07) is 14.8. The zero-order valence-corrected chi connectivity index (χ0v) is 17.9. The van der Waals surface area contributed by atoms with E-state index in [0.29, 0.717) is 0 Å². The first-order chi connectivity index (χ1) is 13.6. The van der Waals surface area contributed by atoms with Gasteiger partial charge in [0.25, 0.3) is 0 Å². The van der Waals surface area contributed by atoms with Crippen LogP contribution in [0.15, 0.2) is 47.1 Å². The molecule has 2 aromatic heterocycles. The zero-order valence-electron chi connectivity index (χ0n) is 16.3. The van der Waals surface area contributed by atoms with Gasteiger partial charge in [-0.05, 0) is 60.1 Å². The molecule has 0 radical (unpaired) electrons. The third-order valence-electron chi connectivity index (χ3n) is 5.38. The summed E-state index contributed by atoms with van der Waals surface area (Å²) in [5, 5.41) is 14.0. The number of piperazine rings is 1. The van der Waals surface area contributed by atoms with E-state index in [1.165, 1.54) is 17.1 Å². The van der Waals surface area contributed by atoms with Gasteiger partial charge in [-0.15, -0.1) is 5.10 Å². The standard InChI is InChI=1S/C21H26BrN5O/c1-16-6-7-17(2)26(16)21-15-20(22)27(23-21)19-5-3-4-18(14-19)25-10-8-24(9-11-25)12-13-28/h3-7,14-15,28H,8-13H2,1-2H3. The lowest BCUT2D eigenvalue weighted by molar-refractivity contribution is 0.189. The molecule has 1 fully saturated rings. The highest BCUT2D eigenvalue weighted by Crippen LogP contribution is 2.26. The van der Waals surface area contributed by atoms with Crippen LogP contribution in [0.25, 0.3) is 11.5 Å². The summed E-state index contributed by atoms with van der Waals surface area (Å²) in [4.78, 5) is 4.70. The monoisotopic (exact) mass is 443 g/mol. The number of rotatable bonds is 5. The van der Waals surface area contributed by atoms with Gasteiger partial charge in [0.15, 0.2) is 5.82 Å². The molecule has 1 saturated heterocycles. The van der Waals surface area contributed by atoms with Crippen LogP contribution < -0.4 is 4.90 Å². The predicted molar refractivity (Wildman–Crippen MR) is 116 cm³/mol. The number of aliphatic hydroxyl groups excluding tert-OH is 1. The second-order valence-corrected chi connectivity index (χ2v) is 8.07. The van der Waals surface area contributed by atoms with E-state index in [9.17, 15) is 0 Å². The molecule has 1 aliphatic heterocycles. The van der Waals surface area contributed by atoms with E-state index in [4.69, 9.17) is 10.2 Å². The van der Waals surface area contributed by atoms with Crippen LogP contribution in [0.2, 0.25) is 0 Å². The molecule has 1 N–H and O–H groups in total. The number of aliphatic hydroxyl groups is 1. The molecule has 28 heavy (non-hydrogen) atoms. The molecular weight excluding hydrogens is 418 g/mol. The molecule has 0 bridgehead atoms. The van der Waals surface area contributed by atoms with Crippen LogP contribution in [-0.2, 0) is 0 Å². The van der Waals surface area contributed by atoms with Crippen molar-refractivity contribution in [2.45, 2.75) is 13.8 Å². The van der Waals surface area contributed by atoms with E-state index in [2.05, 4.69) is 86.6 Å². The Labute approximate surface area is 174 Å². The van der Waals surface area contributed by atoms with Crippen LogP contribution in [0, 0.1) is 13.8 Å². The molecule has 148 valence electrons. The molecule has 4 rings (SSSR count). The summed E-state index contributed by atoms with van der Waals surface area (Å²) in [6.45, 7) is 9.07. The van der Waals surface area contributed by atoms with Crippen molar-refractivity contribution in [2.24, 2.45) is 0 Å². The van der Waals surface area contributed by atoms with Gasteiger partial charge in [-0.3, -0.25) is 4.90 Å². The molecule has 0 atom stereocenters. The van der Waals surface area contributed by atoms with Crippen LogP contribution in [0.4, 0.5) is 5.69 Å². The normalized spacial score (nSPS) is 15.4. The van der Waals surface area contributed by atoms with Crippen LogP contribution >= 0.6 is 15.9 Å². The van der Waals surface area contributed by atoms with E-state index in [-0.39, 0.29) is 6.61 Å². The van der Waals surface area contributed by atoms with Crippen molar-refractivity contribution in [3.05, 3.63) is 58.5 Å². The van der Waals surface area contributed by atoms with E-state index in [1.807, 2.05) is 4.68 Å². The minimum atomic E-state index is 0.228. The summed E-state index contributed by atoms with van der Waals surface area (Å²) in [7, 11) is 0. The smallest absolute Gasteiger partial charge is 0.160 e. The lowest BCUT2D eigenvalue weighted by Crippen LogP contribution is -2.47. The molecule has 0 amide bonds. The second-order valence-electron chi connectivity index (χ2n) is 7.26. The Kier molecular flexibility index (Phi) is 5.57. The number of aromatic nitrogens is 3. The molecule has 0 spiro atoms. The fraction of sp³-hybridized carbons (Fsp3) is 0.381. The highest BCUT2D eigenvalue weighted by atomic mass is 79.9. The van der Waals surface area contributed by atoms with Gasteiger partial charge < -0.3 is 14.6 Å². The predicted octanol–water partition coefficient (Wildman–Crippen LogP) is 3.16. The van der Waals surface area contributed by atoms with Gasteiger partial charge in [0.2, 0.25) is 0 Å². The van der Waals surface area contributed by atoms with Crippen molar-refractivity contribution in [2.75, 3.05) is 44.2 Å². The molecule has 7 heteroatoms. The van der Waals surface area contributed by atoms with Crippen molar-refractivity contribution < 1.29 is 5.11 Å². The average Bonchev–Trinajstić information content (AvgIpc) is 3.24. The number of nitrogens with zero attached hydrogens (tertiary/aromatic N) is 5. The minimum absolute atomic E-state index is 0.228. The highest BCUT2D eigenvalue weighted by molar-refractivity contribution is 9.10. The maximum atomic E-state index is 9.12. The molecular formula is C21H26BrN5O. The van der Waals surface area contributed by atoms with Crippen LogP contribution in [0.5, 0.6) is 0 Å². The first kappa shape index (κ1) is 19.2. The van der Waals surface area contributed by atoms with Crippen LogP contribution in [-0.4, -0.2) is 63.7 Å². The molecule has 0 aliphatic carbocycles. The average molecular weight is 444 g/mol. The maximum absolute atomic E-state index is 9.12. The van der Waals surface area contributed by atoms with Gasteiger partial charge in [0.05, 0.1) is 12.3 Å². The third-order valence-corrected chi connectivity index (χ3v) is 5.95. The Morgan fingerprint density at radius 1 is 0.964 bits per heavy atom. The van der Waals surface area contributed by atoms with Gasteiger partial charge in [-0.1, -0.05) is 6.07 Å². The first-order valence-corrected chi connectivity index (χ1v) is 10.5. The van der Waals surface area contributed by atoms with Crippen LogP contribution in [0.1, 0.15) is 11.4 Å². The van der Waals surface area contributed by atoms with Gasteiger partial charge in [0, 0.05) is 55.9 Å². The Bertz CT molecular complexity index is 936. The van der Waals surface area contributed by atoms with Gasteiger partial charge in [-0.25, -0.2) is 4.68 Å². The molecule has 0 unspecified atom stereocenters. The SMILES string of the molecule is Cc1ccc(C)n1-c1cc(Br)n(-c2cccc(N3CCN(CCO)CC3)c2)n1. The lowest BCUT2D eigenvalue weighted by atomic mass is 10.2. The van der Waals surface area contributed by atoms with Crippen molar-refractivity contribution in [1.29, 1.82) is 0 Å². The molecule has 0 saturated carbocycles. The van der Waals surface area contributed by atoms with Crippen molar-refractivity contribution >= 4 is 21.6 Å². The van der Waals surface area contributed by atoms with Crippen molar-refractivity contribution in [1.82, 2.24) is 19.2 Å². The summed E-state index contributed by atoms with van der Waals surface area (Å²) in [6.07, 6.45) is 0. The number of benzene rings is 1. The maximum Gasteiger partial charge on any atom is 0.160 e. The van der Waals surface area contributed by atoms with Crippen molar-refractivity contribution in [3.63, 3.8) is 0 Å². The fourth-order valence-corrected chi connectivity index (χ4v) is 4.35. The summed E-state index contributed by atoms with van der Waals surface area (Å²) in [5.74, 6) is 0.912. The Hall–Kier alpha value is -2.09. The number of β-amino-alcohol motifs (C(OH)–C–C–N with tert-alkyl or cyclic N) is 1. The summed E-state index contributed by atoms with van der Waals surface area (Å²) >= 11 is 3.68. The topological polar surface area (TPSA) is 49.5 Å². The highest BCUT2D eigenvalue weighted by Gasteiger charge is 2.18. The van der Waals surface area contributed by atoms with E-state index in [1.54, 1.807) is 0 Å². The zero-order chi connectivity index (χ0) is 19.7. The fourth-order valence-electron chi connectivity index (χ4n) is 3.86. The number of aryl methyl sites for hydroxylation is 2.